The highest BCUT2D eigenvalue weighted by Crippen LogP contribution is 2.30. The third kappa shape index (κ3) is 3.35. The summed E-state index contributed by atoms with van der Waals surface area (Å²) in [6.45, 7) is 1.77. The van der Waals surface area contributed by atoms with Gasteiger partial charge in [-0.05, 0) is 40.4 Å². The Balaban J connectivity index is 1.51. The Morgan fingerprint density at radius 1 is 1.36 bits per heavy atom. The Labute approximate surface area is 159 Å². The Hall–Kier alpha value is -2.10. The SMILES string of the molecule is CC(OC(=O)c1cnc(-c2cccs2)s1)c1nc2ncc(Br)cc2[nH]1. The summed E-state index contributed by atoms with van der Waals surface area (Å²) in [7, 11) is 0. The number of halogens is 1. The van der Waals surface area contributed by atoms with E-state index in [1.54, 1.807) is 30.7 Å². The van der Waals surface area contributed by atoms with Crippen molar-refractivity contribution in [3.63, 3.8) is 0 Å². The molecule has 0 saturated heterocycles. The summed E-state index contributed by atoms with van der Waals surface area (Å²) in [5.74, 6) is 0.138. The third-order valence-corrected chi connectivity index (χ3v) is 5.88. The van der Waals surface area contributed by atoms with Crippen LogP contribution in [-0.4, -0.2) is 25.9 Å². The summed E-state index contributed by atoms with van der Waals surface area (Å²) in [5, 5.41) is 2.79. The molecule has 0 amide bonds. The number of aromatic amines is 1. The van der Waals surface area contributed by atoms with Gasteiger partial charge in [-0.1, -0.05) is 6.07 Å². The van der Waals surface area contributed by atoms with Crippen molar-refractivity contribution in [2.45, 2.75) is 13.0 Å². The predicted molar refractivity (Wildman–Crippen MR) is 101 cm³/mol. The summed E-state index contributed by atoms with van der Waals surface area (Å²) < 4.78 is 6.37. The van der Waals surface area contributed by atoms with E-state index < -0.39 is 12.1 Å². The fourth-order valence-corrected chi connectivity index (χ4v) is 4.18. The molecule has 1 atom stereocenters. The van der Waals surface area contributed by atoms with Crippen molar-refractivity contribution in [2.75, 3.05) is 0 Å². The van der Waals surface area contributed by atoms with Crippen LogP contribution in [0.2, 0.25) is 0 Å². The summed E-state index contributed by atoms with van der Waals surface area (Å²) in [5.41, 5.74) is 1.36. The fourth-order valence-electron chi connectivity index (χ4n) is 2.24. The maximum atomic E-state index is 12.4. The first-order valence-electron chi connectivity index (χ1n) is 7.32. The van der Waals surface area contributed by atoms with E-state index in [1.165, 1.54) is 11.3 Å². The van der Waals surface area contributed by atoms with E-state index in [4.69, 9.17) is 4.74 Å². The number of H-pyrrole nitrogens is 1. The molecule has 0 aliphatic heterocycles. The molecule has 0 saturated carbocycles. The molecule has 25 heavy (non-hydrogen) atoms. The highest BCUT2D eigenvalue weighted by atomic mass is 79.9. The molecular weight excluding hydrogens is 424 g/mol. The number of nitrogens with zero attached hydrogens (tertiary/aromatic N) is 3. The molecule has 0 bridgehead atoms. The zero-order chi connectivity index (χ0) is 17.4. The minimum atomic E-state index is -0.521. The van der Waals surface area contributed by atoms with Gasteiger partial charge in [0.15, 0.2) is 11.8 Å². The molecular formula is C16H11BrN4O2S2. The van der Waals surface area contributed by atoms with Crippen molar-refractivity contribution in [3.05, 3.63) is 51.1 Å². The number of thiazole rings is 1. The lowest BCUT2D eigenvalue weighted by atomic mass is 10.4. The largest absolute Gasteiger partial charge is 0.450 e. The first-order valence-corrected chi connectivity index (χ1v) is 9.81. The number of hydrogen-bond donors (Lipinski definition) is 1. The maximum Gasteiger partial charge on any atom is 0.350 e. The maximum absolute atomic E-state index is 12.4. The van der Waals surface area contributed by atoms with Crippen LogP contribution in [0.15, 0.2) is 40.4 Å². The summed E-state index contributed by atoms with van der Waals surface area (Å²) in [4.78, 5) is 29.9. The second-order valence-corrected chi connectivity index (χ2v) is 8.10. The number of ether oxygens (including phenoxy) is 1. The van der Waals surface area contributed by atoms with Gasteiger partial charge >= 0.3 is 5.97 Å². The number of rotatable bonds is 4. The van der Waals surface area contributed by atoms with Crippen LogP contribution in [0, 0.1) is 0 Å². The second-order valence-electron chi connectivity index (χ2n) is 5.20. The molecule has 0 aromatic carbocycles. The lowest BCUT2D eigenvalue weighted by molar-refractivity contribution is 0.0327. The fraction of sp³-hybridized carbons (Fsp3) is 0.125. The average Bonchev–Trinajstić information content (AvgIpc) is 3.33. The quantitative estimate of drug-likeness (QED) is 0.465. The predicted octanol–water partition coefficient (Wildman–Crippen LogP) is 4.82. The molecule has 4 heterocycles. The molecule has 1 N–H and O–H groups in total. The van der Waals surface area contributed by atoms with Crippen LogP contribution in [0.25, 0.3) is 21.0 Å². The van der Waals surface area contributed by atoms with E-state index in [9.17, 15) is 4.79 Å². The number of carbonyl (C=O) groups excluding carboxylic acids is 1. The molecule has 4 aromatic heterocycles. The number of hydrogen-bond acceptors (Lipinski definition) is 7. The first-order chi connectivity index (χ1) is 12.1. The van der Waals surface area contributed by atoms with Crippen molar-refractivity contribution in [1.82, 2.24) is 19.9 Å². The topological polar surface area (TPSA) is 80.8 Å². The van der Waals surface area contributed by atoms with Gasteiger partial charge in [0.25, 0.3) is 0 Å². The van der Waals surface area contributed by atoms with E-state index >= 15 is 0 Å². The van der Waals surface area contributed by atoms with E-state index in [0.717, 1.165) is 19.9 Å². The molecule has 0 aliphatic carbocycles. The minimum absolute atomic E-state index is 0.414. The molecule has 6 nitrogen and oxygen atoms in total. The molecule has 0 spiro atoms. The monoisotopic (exact) mass is 434 g/mol. The average molecular weight is 435 g/mol. The Morgan fingerprint density at radius 2 is 2.24 bits per heavy atom. The molecule has 9 heteroatoms. The number of carbonyl (C=O) groups is 1. The van der Waals surface area contributed by atoms with Crippen LogP contribution in [0.5, 0.6) is 0 Å². The summed E-state index contributed by atoms with van der Waals surface area (Å²) in [6, 6.07) is 5.81. The number of esters is 1. The van der Waals surface area contributed by atoms with Crippen LogP contribution < -0.4 is 0 Å². The number of fused-ring (bicyclic) bond motifs is 1. The zero-order valence-corrected chi connectivity index (χ0v) is 16.1. The zero-order valence-electron chi connectivity index (χ0n) is 12.9. The lowest BCUT2D eigenvalue weighted by Gasteiger charge is -2.09. The highest BCUT2D eigenvalue weighted by molar-refractivity contribution is 9.10. The smallest absolute Gasteiger partial charge is 0.350 e. The van der Waals surface area contributed by atoms with Gasteiger partial charge in [0.2, 0.25) is 0 Å². The van der Waals surface area contributed by atoms with E-state index in [0.29, 0.717) is 16.3 Å². The van der Waals surface area contributed by atoms with E-state index in [2.05, 4.69) is 35.9 Å². The molecule has 0 fully saturated rings. The number of imidazole rings is 1. The van der Waals surface area contributed by atoms with Crippen molar-refractivity contribution < 1.29 is 9.53 Å². The Bertz CT molecular complexity index is 1040. The number of aromatic nitrogens is 4. The van der Waals surface area contributed by atoms with Crippen LogP contribution in [0.4, 0.5) is 0 Å². The minimum Gasteiger partial charge on any atom is -0.450 e. The molecule has 4 rings (SSSR count). The van der Waals surface area contributed by atoms with Gasteiger partial charge in [-0.25, -0.2) is 19.7 Å². The van der Waals surface area contributed by atoms with E-state index in [-0.39, 0.29) is 0 Å². The molecule has 1 unspecified atom stereocenters. The first kappa shape index (κ1) is 16.4. The normalized spacial score (nSPS) is 12.4. The van der Waals surface area contributed by atoms with Crippen molar-refractivity contribution in [3.8, 4) is 9.88 Å². The van der Waals surface area contributed by atoms with Gasteiger partial charge in [0.1, 0.15) is 15.7 Å². The molecule has 0 radical (unpaired) electrons. The van der Waals surface area contributed by atoms with Gasteiger partial charge in [-0.2, -0.15) is 0 Å². The van der Waals surface area contributed by atoms with Gasteiger partial charge in [0, 0.05) is 10.7 Å². The Kier molecular flexibility index (Phi) is 4.36. The standard InChI is InChI=1S/C16H11BrN4O2S2/c1-8(13-20-10-5-9(17)6-18-14(10)21-13)23-16(22)12-7-19-15(25-12)11-3-2-4-24-11/h2-8H,1H3,(H,18,20,21). The van der Waals surface area contributed by atoms with Crippen molar-refractivity contribution in [2.24, 2.45) is 0 Å². The third-order valence-electron chi connectivity index (χ3n) is 3.43. The van der Waals surface area contributed by atoms with Crippen LogP contribution in [0.1, 0.15) is 28.5 Å². The molecule has 126 valence electrons. The number of thiophene rings is 1. The van der Waals surface area contributed by atoms with E-state index in [1.807, 2.05) is 23.6 Å². The summed E-state index contributed by atoms with van der Waals surface area (Å²) >= 11 is 6.27. The van der Waals surface area contributed by atoms with Gasteiger partial charge in [-0.15, -0.1) is 22.7 Å². The van der Waals surface area contributed by atoms with Gasteiger partial charge < -0.3 is 9.72 Å². The number of pyridine rings is 1. The van der Waals surface area contributed by atoms with Gasteiger partial charge in [0.05, 0.1) is 16.6 Å². The highest BCUT2D eigenvalue weighted by Gasteiger charge is 2.20. The van der Waals surface area contributed by atoms with Crippen LogP contribution in [-0.2, 0) is 4.74 Å². The molecule has 4 aromatic rings. The van der Waals surface area contributed by atoms with Crippen molar-refractivity contribution >= 4 is 55.7 Å². The lowest BCUT2D eigenvalue weighted by Crippen LogP contribution is -2.09. The second kappa shape index (κ2) is 6.66. The summed E-state index contributed by atoms with van der Waals surface area (Å²) in [6.07, 6.45) is 2.70. The van der Waals surface area contributed by atoms with Crippen molar-refractivity contribution in [1.29, 1.82) is 0 Å². The van der Waals surface area contributed by atoms with Gasteiger partial charge in [-0.3, -0.25) is 0 Å². The van der Waals surface area contributed by atoms with Crippen LogP contribution >= 0.6 is 38.6 Å². The molecule has 0 aliphatic rings. The Morgan fingerprint density at radius 3 is 3.04 bits per heavy atom. The van der Waals surface area contributed by atoms with Crippen LogP contribution in [0.3, 0.4) is 0 Å². The number of nitrogens with one attached hydrogen (secondary N) is 1.